The van der Waals surface area contributed by atoms with Gasteiger partial charge in [0.25, 0.3) is 0 Å². The first kappa shape index (κ1) is 46.8. The van der Waals surface area contributed by atoms with Gasteiger partial charge in [0.05, 0.1) is 6.10 Å². The molecule has 6 nitrogen and oxygen atoms in total. The number of aliphatic hydroxyl groups is 2. The maximum absolute atomic E-state index is 12.0. The van der Waals surface area contributed by atoms with Gasteiger partial charge < -0.3 is 19.7 Å². The second-order valence-corrected chi connectivity index (χ2v) is 13.6. The van der Waals surface area contributed by atoms with Gasteiger partial charge in [-0.25, -0.2) is 0 Å². The Morgan fingerprint density at radius 2 is 0.857 bits per heavy atom. The largest absolute Gasteiger partial charge is 0.463 e. The standard InChI is InChI=1S/C43H76O6/c1-3-5-6-7-8-9-10-11-12-13-14-17-20-23-26-29-32-36-42(46)48-38-41(45)39-49-43(47)37-33-30-27-24-21-18-15-16-19-22-25-28-31-35-40(44)34-4-2/h15,18-19,22,24,27-28,31,40-41,44-45H,3-14,16-17,20-21,23,25-26,29-30,32-39H2,1-2H3/b18-15-,22-19-,27-24-,31-28-/t40?,41-/m0/s1. The maximum atomic E-state index is 12.0. The Morgan fingerprint density at radius 1 is 0.469 bits per heavy atom. The van der Waals surface area contributed by atoms with Crippen LogP contribution in [0.2, 0.25) is 0 Å². The maximum Gasteiger partial charge on any atom is 0.305 e. The summed E-state index contributed by atoms with van der Waals surface area (Å²) in [5.74, 6) is -0.645. The van der Waals surface area contributed by atoms with Crippen LogP contribution in [0, 0.1) is 0 Å². The van der Waals surface area contributed by atoms with E-state index >= 15 is 0 Å². The van der Waals surface area contributed by atoms with Crippen LogP contribution in [0.5, 0.6) is 0 Å². The van der Waals surface area contributed by atoms with Crippen LogP contribution in [0.3, 0.4) is 0 Å². The summed E-state index contributed by atoms with van der Waals surface area (Å²) < 4.78 is 10.3. The quantitative estimate of drug-likeness (QED) is 0.0387. The molecule has 0 aromatic carbocycles. The summed E-state index contributed by atoms with van der Waals surface area (Å²) in [5.41, 5.74) is 0. The van der Waals surface area contributed by atoms with Gasteiger partial charge >= 0.3 is 11.9 Å². The Kier molecular flexibility index (Phi) is 36.9. The first-order valence-corrected chi connectivity index (χ1v) is 20.3. The number of allylic oxidation sites excluding steroid dienone is 7. The lowest BCUT2D eigenvalue weighted by Gasteiger charge is -2.12. The van der Waals surface area contributed by atoms with Crippen molar-refractivity contribution in [2.24, 2.45) is 0 Å². The second kappa shape index (κ2) is 38.6. The van der Waals surface area contributed by atoms with Gasteiger partial charge in [0.15, 0.2) is 0 Å². The van der Waals surface area contributed by atoms with E-state index in [-0.39, 0.29) is 31.3 Å². The van der Waals surface area contributed by atoms with Crippen LogP contribution in [0.1, 0.15) is 187 Å². The summed E-state index contributed by atoms with van der Waals surface area (Å²) in [6.07, 6.45) is 45.2. The zero-order valence-corrected chi connectivity index (χ0v) is 31.8. The van der Waals surface area contributed by atoms with Gasteiger partial charge in [-0.05, 0) is 51.4 Å². The highest BCUT2D eigenvalue weighted by molar-refractivity contribution is 5.69. The first-order chi connectivity index (χ1) is 24.0. The van der Waals surface area contributed by atoms with E-state index in [1.54, 1.807) is 0 Å². The summed E-state index contributed by atoms with van der Waals surface area (Å²) >= 11 is 0. The van der Waals surface area contributed by atoms with Crippen LogP contribution >= 0.6 is 0 Å². The molecular weight excluding hydrogens is 612 g/mol. The van der Waals surface area contributed by atoms with Crippen molar-refractivity contribution in [3.63, 3.8) is 0 Å². The third-order valence-electron chi connectivity index (χ3n) is 8.62. The third kappa shape index (κ3) is 38.5. The van der Waals surface area contributed by atoms with Gasteiger partial charge in [0.1, 0.15) is 19.3 Å². The minimum absolute atomic E-state index is 0.141. The predicted octanol–water partition coefficient (Wildman–Crippen LogP) is 11.6. The lowest BCUT2D eigenvalue weighted by Crippen LogP contribution is -2.25. The lowest BCUT2D eigenvalue weighted by molar-refractivity contribution is -0.152. The van der Waals surface area contributed by atoms with Crippen molar-refractivity contribution in [1.82, 2.24) is 0 Å². The molecule has 0 radical (unpaired) electrons. The molecule has 0 saturated carbocycles. The number of ether oxygens (including phenoxy) is 2. The van der Waals surface area contributed by atoms with Crippen molar-refractivity contribution in [2.75, 3.05) is 13.2 Å². The summed E-state index contributed by atoms with van der Waals surface area (Å²) in [7, 11) is 0. The average Bonchev–Trinajstić information content (AvgIpc) is 3.09. The van der Waals surface area contributed by atoms with Crippen molar-refractivity contribution < 1.29 is 29.3 Å². The molecule has 0 aromatic heterocycles. The van der Waals surface area contributed by atoms with Crippen LogP contribution in [0.25, 0.3) is 0 Å². The fraction of sp³-hybridized carbons (Fsp3) is 0.767. The number of esters is 2. The van der Waals surface area contributed by atoms with Gasteiger partial charge in [-0.3, -0.25) is 9.59 Å². The topological polar surface area (TPSA) is 93.1 Å². The molecule has 2 atom stereocenters. The van der Waals surface area contributed by atoms with Crippen LogP contribution in [0.15, 0.2) is 48.6 Å². The van der Waals surface area contributed by atoms with Gasteiger partial charge in [-0.15, -0.1) is 0 Å². The second-order valence-electron chi connectivity index (χ2n) is 13.6. The molecule has 0 heterocycles. The number of hydrogen-bond donors (Lipinski definition) is 2. The van der Waals surface area contributed by atoms with E-state index in [1.807, 2.05) is 0 Å². The van der Waals surface area contributed by atoms with Crippen molar-refractivity contribution in [3.8, 4) is 0 Å². The van der Waals surface area contributed by atoms with Crippen molar-refractivity contribution >= 4 is 11.9 Å². The van der Waals surface area contributed by atoms with Crippen LogP contribution in [-0.2, 0) is 19.1 Å². The first-order valence-electron chi connectivity index (χ1n) is 20.3. The third-order valence-corrected chi connectivity index (χ3v) is 8.62. The highest BCUT2D eigenvalue weighted by Crippen LogP contribution is 2.14. The normalized spacial score (nSPS) is 13.3. The zero-order chi connectivity index (χ0) is 35.9. The van der Waals surface area contributed by atoms with E-state index in [0.717, 1.165) is 64.2 Å². The molecule has 6 heteroatoms. The van der Waals surface area contributed by atoms with Crippen LogP contribution in [-0.4, -0.2) is 47.6 Å². The molecule has 0 saturated heterocycles. The molecular formula is C43H76O6. The molecule has 0 bridgehead atoms. The van der Waals surface area contributed by atoms with E-state index in [9.17, 15) is 19.8 Å². The number of hydrogen-bond acceptors (Lipinski definition) is 6. The summed E-state index contributed by atoms with van der Waals surface area (Å²) in [5, 5.41) is 19.7. The highest BCUT2D eigenvalue weighted by Gasteiger charge is 2.12. The van der Waals surface area contributed by atoms with Crippen molar-refractivity contribution in [3.05, 3.63) is 48.6 Å². The Hall–Kier alpha value is -2.18. The van der Waals surface area contributed by atoms with E-state index in [1.165, 1.54) is 89.9 Å². The monoisotopic (exact) mass is 689 g/mol. The van der Waals surface area contributed by atoms with Gasteiger partial charge in [0.2, 0.25) is 0 Å². The number of carbonyl (C=O) groups excluding carboxylic acids is 2. The molecule has 1 unspecified atom stereocenters. The molecule has 0 rings (SSSR count). The smallest absolute Gasteiger partial charge is 0.305 e. The Balaban J connectivity index is 3.53. The molecule has 0 aliphatic heterocycles. The Bertz CT molecular complexity index is 845. The zero-order valence-electron chi connectivity index (χ0n) is 31.8. The van der Waals surface area contributed by atoms with Crippen LogP contribution < -0.4 is 0 Å². The summed E-state index contributed by atoms with van der Waals surface area (Å²) in [6.45, 7) is 4.06. The number of unbranched alkanes of at least 4 members (excludes halogenated alkanes) is 17. The fourth-order valence-corrected chi connectivity index (χ4v) is 5.56. The molecule has 284 valence electrons. The van der Waals surface area contributed by atoms with Crippen LogP contribution in [0.4, 0.5) is 0 Å². The molecule has 0 aromatic rings. The molecule has 2 N–H and O–H groups in total. The van der Waals surface area contributed by atoms with Gasteiger partial charge in [-0.1, -0.05) is 172 Å². The molecule has 0 aliphatic rings. The van der Waals surface area contributed by atoms with E-state index in [4.69, 9.17) is 9.47 Å². The SMILES string of the molecule is CCCCCCCCCCCCCCCCCCCC(=O)OC[C@H](O)COC(=O)CCC/C=C\C/C=C\C/C=C\C/C=C\CC(O)CCC. The van der Waals surface area contributed by atoms with Gasteiger partial charge in [-0.2, -0.15) is 0 Å². The van der Waals surface area contributed by atoms with E-state index in [2.05, 4.69) is 62.5 Å². The van der Waals surface area contributed by atoms with E-state index in [0.29, 0.717) is 19.3 Å². The van der Waals surface area contributed by atoms with E-state index < -0.39 is 6.10 Å². The molecule has 0 fully saturated rings. The van der Waals surface area contributed by atoms with Crippen molar-refractivity contribution in [2.45, 2.75) is 199 Å². The molecule has 0 spiro atoms. The summed E-state index contributed by atoms with van der Waals surface area (Å²) in [6, 6.07) is 0. The Morgan fingerprint density at radius 3 is 1.31 bits per heavy atom. The van der Waals surface area contributed by atoms with Gasteiger partial charge in [0, 0.05) is 12.8 Å². The lowest BCUT2D eigenvalue weighted by atomic mass is 10.0. The number of rotatable bonds is 36. The number of carbonyl (C=O) groups is 2. The summed E-state index contributed by atoms with van der Waals surface area (Å²) in [4.78, 5) is 23.9. The number of aliphatic hydroxyl groups excluding tert-OH is 2. The molecule has 49 heavy (non-hydrogen) atoms. The fourth-order valence-electron chi connectivity index (χ4n) is 5.56. The highest BCUT2D eigenvalue weighted by atomic mass is 16.6. The molecule has 0 aliphatic carbocycles. The average molecular weight is 689 g/mol. The predicted molar refractivity (Wildman–Crippen MR) is 206 cm³/mol. The molecule has 0 amide bonds. The minimum atomic E-state index is -0.994. The Labute approximate surface area is 301 Å². The minimum Gasteiger partial charge on any atom is -0.463 e. The van der Waals surface area contributed by atoms with Crippen molar-refractivity contribution in [1.29, 1.82) is 0 Å².